The number of nitrogens with two attached hydrogens (primary N) is 2. The zero-order chi connectivity index (χ0) is 12.0. The van der Waals surface area contributed by atoms with Gasteiger partial charge in [0, 0.05) is 4.90 Å². The average Bonchev–Trinajstić information content (AvgIpc) is 2.09. The number of halogens is 4. The lowest BCUT2D eigenvalue weighted by Gasteiger charge is -2.16. The standard InChI is InChI=1S/C7H6F4N2S2/c8-2-4(13)5(14)1(7(9,10)11)3(12)6(2)15/h14-15H,12-13H2. The van der Waals surface area contributed by atoms with Gasteiger partial charge in [-0.25, -0.2) is 4.39 Å². The molecule has 0 radical (unpaired) electrons. The molecular weight excluding hydrogens is 252 g/mol. The summed E-state index contributed by atoms with van der Waals surface area (Å²) in [6.07, 6.45) is -4.75. The first-order valence-corrected chi connectivity index (χ1v) is 4.42. The summed E-state index contributed by atoms with van der Waals surface area (Å²) in [7, 11) is 0. The van der Waals surface area contributed by atoms with Crippen molar-refractivity contribution in [3.63, 3.8) is 0 Å². The summed E-state index contributed by atoms with van der Waals surface area (Å²) in [5, 5.41) is 0. The third kappa shape index (κ3) is 1.96. The molecule has 0 aliphatic rings. The molecule has 0 atom stereocenters. The van der Waals surface area contributed by atoms with E-state index in [-0.39, 0.29) is 0 Å². The van der Waals surface area contributed by atoms with Gasteiger partial charge in [-0.15, -0.1) is 25.3 Å². The third-order valence-electron chi connectivity index (χ3n) is 1.74. The van der Waals surface area contributed by atoms with Crippen LogP contribution in [-0.4, -0.2) is 0 Å². The molecule has 1 aromatic carbocycles. The molecule has 0 amide bonds. The molecule has 0 saturated carbocycles. The van der Waals surface area contributed by atoms with E-state index in [9.17, 15) is 17.6 Å². The second-order valence-electron chi connectivity index (χ2n) is 2.71. The van der Waals surface area contributed by atoms with Gasteiger partial charge < -0.3 is 11.5 Å². The van der Waals surface area contributed by atoms with Crippen LogP contribution >= 0.6 is 25.3 Å². The highest BCUT2D eigenvalue weighted by atomic mass is 32.1. The lowest BCUT2D eigenvalue weighted by atomic mass is 10.1. The van der Waals surface area contributed by atoms with E-state index in [1.165, 1.54) is 0 Å². The molecule has 0 unspecified atom stereocenters. The van der Waals surface area contributed by atoms with Gasteiger partial charge in [0.25, 0.3) is 0 Å². The maximum atomic E-state index is 13.1. The number of anilines is 2. The van der Waals surface area contributed by atoms with Crippen molar-refractivity contribution < 1.29 is 17.6 Å². The fourth-order valence-corrected chi connectivity index (χ4v) is 1.59. The number of hydrogen-bond donors (Lipinski definition) is 4. The van der Waals surface area contributed by atoms with Gasteiger partial charge in [0.05, 0.1) is 21.8 Å². The Morgan fingerprint density at radius 3 is 1.80 bits per heavy atom. The molecule has 2 nitrogen and oxygen atoms in total. The van der Waals surface area contributed by atoms with Gasteiger partial charge in [0.15, 0.2) is 5.82 Å². The lowest BCUT2D eigenvalue weighted by molar-refractivity contribution is -0.139. The molecule has 1 rings (SSSR count). The molecule has 0 fully saturated rings. The largest absolute Gasteiger partial charge is 0.419 e. The van der Waals surface area contributed by atoms with Gasteiger partial charge in [-0.3, -0.25) is 0 Å². The van der Waals surface area contributed by atoms with Gasteiger partial charge >= 0.3 is 6.18 Å². The predicted molar refractivity (Wildman–Crippen MR) is 54.7 cm³/mol. The molecule has 0 aliphatic heterocycles. The summed E-state index contributed by atoms with van der Waals surface area (Å²) in [4.78, 5) is -1.35. The van der Waals surface area contributed by atoms with Crippen LogP contribution in [-0.2, 0) is 6.18 Å². The Hall–Kier alpha value is -0.760. The molecule has 0 bridgehead atoms. The van der Waals surface area contributed by atoms with Crippen molar-refractivity contribution in [2.75, 3.05) is 11.5 Å². The molecule has 1 aromatic rings. The van der Waals surface area contributed by atoms with Crippen LogP contribution in [0.3, 0.4) is 0 Å². The second kappa shape index (κ2) is 3.67. The van der Waals surface area contributed by atoms with Crippen LogP contribution in [0.25, 0.3) is 0 Å². The highest BCUT2D eigenvalue weighted by molar-refractivity contribution is 7.81. The number of benzene rings is 1. The molecule has 0 aliphatic carbocycles. The first kappa shape index (κ1) is 12.3. The smallest absolute Gasteiger partial charge is 0.397 e. The highest BCUT2D eigenvalue weighted by Gasteiger charge is 2.38. The Bertz CT molecular complexity index is 387. The quantitative estimate of drug-likeness (QED) is 0.328. The number of thiol groups is 2. The topological polar surface area (TPSA) is 52.0 Å². The first-order valence-electron chi connectivity index (χ1n) is 3.53. The number of nitrogen functional groups attached to an aromatic ring is 2. The average molecular weight is 258 g/mol. The number of rotatable bonds is 0. The van der Waals surface area contributed by atoms with Crippen LogP contribution < -0.4 is 11.5 Å². The van der Waals surface area contributed by atoms with Crippen LogP contribution in [0, 0.1) is 5.82 Å². The minimum absolute atomic E-state index is 0.627. The molecule has 0 aromatic heterocycles. The van der Waals surface area contributed by atoms with Crippen molar-refractivity contribution >= 4 is 36.6 Å². The second-order valence-corrected chi connectivity index (χ2v) is 3.61. The summed E-state index contributed by atoms with van der Waals surface area (Å²) in [6.45, 7) is 0. The highest BCUT2D eigenvalue weighted by Crippen LogP contribution is 2.44. The molecule has 8 heteroatoms. The van der Waals surface area contributed by atoms with E-state index in [0.29, 0.717) is 0 Å². The van der Waals surface area contributed by atoms with E-state index < -0.39 is 38.7 Å². The van der Waals surface area contributed by atoms with Gasteiger partial charge in [-0.05, 0) is 0 Å². The normalized spacial score (nSPS) is 11.9. The van der Waals surface area contributed by atoms with Crippen molar-refractivity contribution in [1.82, 2.24) is 0 Å². The fraction of sp³-hybridized carbons (Fsp3) is 0.143. The Balaban J connectivity index is 3.68. The minimum atomic E-state index is -4.75. The summed E-state index contributed by atoms with van der Waals surface area (Å²) in [5.74, 6) is -1.10. The Kier molecular flexibility index (Phi) is 3.01. The van der Waals surface area contributed by atoms with E-state index in [1.54, 1.807) is 0 Å². The minimum Gasteiger partial charge on any atom is -0.397 e. The molecule has 15 heavy (non-hydrogen) atoms. The van der Waals surface area contributed by atoms with E-state index in [2.05, 4.69) is 25.3 Å². The Morgan fingerprint density at radius 2 is 1.40 bits per heavy atom. The van der Waals surface area contributed by atoms with Gasteiger partial charge in [0.2, 0.25) is 0 Å². The van der Waals surface area contributed by atoms with E-state index in [1.807, 2.05) is 0 Å². The van der Waals surface area contributed by atoms with Crippen molar-refractivity contribution in [3.8, 4) is 0 Å². The SMILES string of the molecule is Nc1c(F)c(S)c(N)c(C(F)(F)F)c1S. The fourth-order valence-electron chi connectivity index (χ4n) is 1.02. The van der Waals surface area contributed by atoms with Crippen LogP contribution in [0.5, 0.6) is 0 Å². The van der Waals surface area contributed by atoms with E-state index in [0.717, 1.165) is 0 Å². The summed E-state index contributed by atoms with van der Waals surface area (Å²) >= 11 is 7.01. The molecular formula is C7H6F4N2S2. The van der Waals surface area contributed by atoms with Crippen molar-refractivity contribution in [2.24, 2.45) is 0 Å². The monoisotopic (exact) mass is 258 g/mol. The zero-order valence-electron chi connectivity index (χ0n) is 7.06. The zero-order valence-corrected chi connectivity index (χ0v) is 8.85. The van der Waals surface area contributed by atoms with Crippen molar-refractivity contribution in [1.29, 1.82) is 0 Å². The van der Waals surface area contributed by atoms with Gasteiger partial charge in [-0.1, -0.05) is 0 Å². The van der Waals surface area contributed by atoms with Crippen LogP contribution in [0.1, 0.15) is 5.56 Å². The maximum absolute atomic E-state index is 13.1. The van der Waals surface area contributed by atoms with Crippen LogP contribution in [0.4, 0.5) is 28.9 Å². The summed E-state index contributed by atoms with van der Waals surface area (Å²) in [6, 6.07) is 0. The number of hydrogen-bond acceptors (Lipinski definition) is 4. The van der Waals surface area contributed by atoms with Gasteiger partial charge in [-0.2, -0.15) is 13.2 Å². The van der Waals surface area contributed by atoms with Crippen LogP contribution in [0.2, 0.25) is 0 Å². The summed E-state index contributed by atoms with van der Waals surface area (Å²) < 4.78 is 50.5. The number of alkyl halides is 3. The maximum Gasteiger partial charge on any atom is 0.419 e. The van der Waals surface area contributed by atoms with Gasteiger partial charge in [0.1, 0.15) is 0 Å². The molecule has 0 heterocycles. The molecule has 0 spiro atoms. The molecule has 4 N–H and O–H groups in total. The lowest BCUT2D eigenvalue weighted by Crippen LogP contribution is -2.13. The van der Waals surface area contributed by atoms with Crippen molar-refractivity contribution in [2.45, 2.75) is 16.0 Å². The van der Waals surface area contributed by atoms with Crippen molar-refractivity contribution in [3.05, 3.63) is 11.4 Å². The van der Waals surface area contributed by atoms with Crippen LogP contribution in [0.15, 0.2) is 9.79 Å². The van der Waals surface area contributed by atoms with E-state index >= 15 is 0 Å². The molecule has 0 saturated heterocycles. The Labute approximate surface area is 93.4 Å². The summed E-state index contributed by atoms with van der Waals surface area (Å²) in [5.41, 5.74) is 7.39. The van der Waals surface area contributed by atoms with E-state index in [4.69, 9.17) is 11.5 Å². The predicted octanol–water partition coefficient (Wildman–Crippen LogP) is 2.59. The molecule has 84 valence electrons. The Morgan fingerprint density at radius 1 is 0.933 bits per heavy atom. The first-order chi connectivity index (χ1) is 6.68. The third-order valence-corrected chi connectivity index (χ3v) is 2.65.